The molecule has 0 bridgehead atoms. The van der Waals surface area contributed by atoms with E-state index in [1.807, 2.05) is 0 Å². The highest BCUT2D eigenvalue weighted by molar-refractivity contribution is 6.42. The molecule has 0 aliphatic heterocycles. The van der Waals surface area contributed by atoms with Crippen LogP contribution in [0.15, 0.2) is 30.3 Å². The minimum atomic E-state index is -0.957. The molecule has 0 radical (unpaired) electrons. The van der Waals surface area contributed by atoms with E-state index in [0.29, 0.717) is 33.6 Å². The van der Waals surface area contributed by atoms with Gasteiger partial charge < -0.3 is 29.4 Å². The van der Waals surface area contributed by atoms with Crippen LogP contribution in [0.25, 0.3) is 0 Å². The average molecular weight is 430 g/mol. The summed E-state index contributed by atoms with van der Waals surface area (Å²) in [5.41, 5.74) is 0.292. The molecule has 2 N–H and O–H groups in total. The zero-order valence-electron chi connectivity index (χ0n) is 15.6. The third-order valence-corrected chi connectivity index (χ3v) is 4.57. The number of nitrogens with one attached hydrogen (secondary N) is 1. The summed E-state index contributed by atoms with van der Waals surface area (Å²) in [7, 11) is 4.39. The number of amides is 1. The number of aliphatic hydroxyl groups excluding tert-OH is 1. The fourth-order valence-electron chi connectivity index (χ4n) is 2.37. The van der Waals surface area contributed by atoms with Gasteiger partial charge in [0, 0.05) is 12.1 Å². The first-order valence-corrected chi connectivity index (χ1v) is 8.99. The zero-order valence-corrected chi connectivity index (χ0v) is 17.1. The molecule has 1 amide bonds. The van der Waals surface area contributed by atoms with Gasteiger partial charge in [0.2, 0.25) is 5.75 Å². The quantitative estimate of drug-likeness (QED) is 0.636. The number of aliphatic hydroxyl groups is 1. The number of carbonyl (C=O) groups excluding carboxylic acids is 1. The number of methoxy groups -OCH3 is 3. The minimum Gasteiger partial charge on any atom is -0.493 e. The van der Waals surface area contributed by atoms with Crippen LogP contribution >= 0.6 is 23.2 Å². The Morgan fingerprint density at radius 2 is 1.71 bits per heavy atom. The van der Waals surface area contributed by atoms with Crippen LogP contribution < -0.4 is 24.3 Å². The van der Waals surface area contributed by atoms with Gasteiger partial charge in [-0.1, -0.05) is 29.3 Å². The molecule has 0 aliphatic rings. The monoisotopic (exact) mass is 429 g/mol. The summed E-state index contributed by atoms with van der Waals surface area (Å²) in [6, 6.07) is 7.99. The molecule has 0 aliphatic carbocycles. The number of hydrogen-bond donors (Lipinski definition) is 2. The maximum absolute atomic E-state index is 12.4. The standard InChI is InChI=1S/C19H21Cl2NO6/c1-25-15-7-11(8-16(26-2)18(15)27-3)19(24)22-9-12(23)10-28-14-6-4-5-13(20)17(14)21/h4-8,12,23H,9-10H2,1-3H3,(H,22,24). The van der Waals surface area contributed by atoms with Gasteiger partial charge in [0.25, 0.3) is 5.91 Å². The molecule has 2 aromatic carbocycles. The lowest BCUT2D eigenvalue weighted by atomic mass is 10.1. The Hall–Kier alpha value is -2.35. The molecule has 0 heterocycles. The van der Waals surface area contributed by atoms with Crippen LogP contribution in [-0.2, 0) is 0 Å². The van der Waals surface area contributed by atoms with Gasteiger partial charge in [0.15, 0.2) is 11.5 Å². The van der Waals surface area contributed by atoms with Crippen molar-refractivity contribution in [1.82, 2.24) is 5.32 Å². The van der Waals surface area contributed by atoms with E-state index in [1.165, 1.54) is 33.5 Å². The summed E-state index contributed by atoms with van der Waals surface area (Å²) in [6.45, 7) is -0.108. The highest BCUT2D eigenvalue weighted by Gasteiger charge is 2.18. The first-order chi connectivity index (χ1) is 13.4. The van der Waals surface area contributed by atoms with Crippen molar-refractivity contribution in [3.8, 4) is 23.0 Å². The maximum Gasteiger partial charge on any atom is 0.251 e. The van der Waals surface area contributed by atoms with Crippen molar-refractivity contribution in [3.63, 3.8) is 0 Å². The van der Waals surface area contributed by atoms with E-state index >= 15 is 0 Å². The predicted molar refractivity (Wildman–Crippen MR) is 106 cm³/mol. The van der Waals surface area contributed by atoms with Gasteiger partial charge in [-0.25, -0.2) is 0 Å². The second-order valence-electron chi connectivity index (χ2n) is 5.64. The van der Waals surface area contributed by atoms with Crippen molar-refractivity contribution in [2.75, 3.05) is 34.5 Å². The van der Waals surface area contributed by atoms with Crippen molar-refractivity contribution in [1.29, 1.82) is 0 Å². The first-order valence-electron chi connectivity index (χ1n) is 8.24. The van der Waals surface area contributed by atoms with Crippen molar-refractivity contribution in [2.24, 2.45) is 0 Å². The molecule has 2 rings (SSSR count). The van der Waals surface area contributed by atoms with E-state index in [4.69, 9.17) is 42.1 Å². The summed E-state index contributed by atoms with van der Waals surface area (Å²) >= 11 is 11.9. The number of benzene rings is 2. The maximum atomic E-state index is 12.4. The van der Waals surface area contributed by atoms with Crippen LogP contribution in [0.4, 0.5) is 0 Å². The van der Waals surface area contributed by atoms with Crippen LogP contribution in [0.5, 0.6) is 23.0 Å². The largest absolute Gasteiger partial charge is 0.493 e. The highest BCUT2D eigenvalue weighted by atomic mass is 35.5. The van der Waals surface area contributed by atoms with Gasteiger partial charge in [-0.2, -0.15) is 0 Å². The molecular formula is C19H21Cl2NO6. The Labute approximate surface area is 173 Å². The van der Waals surface area contributed by atoms with Crippen molar-refractivity contribution in [2.45, 2.75) is 6.10 Å². The van der Waals surface area contributed by atoms with E-state index in [-0.39, 0.29) is 18.2 Å². The van der Waals surface area contributed by atoms with E-state index in [0.717, 1.165) is 0 Å². The topological polar surface area (TPSA) is 86.3 Å². The summed E-state index contributed by atoms with van der Waals surface area (Å²) in [6.07, 6.45) is -0.957. The smallest absolute Gasteiger partial charge is 0.251 e. The zero-order chi connectivity index (χ0) is 20.7. The summed E-state index contributed by atoms with van der Waals surface area (Å²) in [4.78, 5) is 12.4. The molecule has 0 saturated heterocycles. The number of carbonyl (C=O) groups is 1. The Morgan fingerprint density at radius 1 is 1.07 bits per heavy atom. The predicted octanol–water partition coefficient (Wildman–Crippen LogP) is 3.19. The van der Waals surface area contributed by atoms with E-state index < -0.39 is 12.0 Å². The van der Waals surface area contributed by atoms with Crippen molar-refractivity contribution >= 4 is 29.1 Å². The summed E-state index contributed by atoms with van der Waals surface area (Å²) in [5, 5.41) is 13.3. The van der Waals surface area contributed by atoms with Gasteiger partial charge >= 0.3 is 0 Å². The molecular weight excluding hydrogens is 409 g/mol. The van der Waals surface area contributed by atoms with Crippen molar-refractivity contribution < 1.29 is 28.8 Å². The molecule has 0 spiro atoms. The summed E-state index contributed by atoms with van der Waals surface area (Å²) in [5.74, 6) is 1.02. The minimum absolute atomic E-state index is 0.0340. The molecule has 7 nitrogen and oxygen atoms in total. The average Bonchev–Trinajstić information content (AvgIpc) is 2.71. The Balaban J connectivity index is 1.97. The van der Waals surface area contributed by atoms with E-state index in [1.54, 1.807) is 18.2 Å². The van der Waals surface area contributed by atoms with Crippen LogP contribution in [0.2, 0.25) is 10.0 Å². The van der Waals surface area contributed by atoms with Crippen LogP contribution in [0, 0.1) is 0 Å². The molecule has 1 unspecified atom stereocenters. The number of halogens is 2. The number of ether oxygens (including phenoxy) is 4. The van der Waals surface area contributed by atoms with Crippen LogP contribution in [-0.4, -0.2) is 51.6 Å². The first kappa shape index (κ1) is 21.9. The van der Waals surface area contributed by atoms with Gasteiger partial charge in [-0.3, -0.25) is 4.79 Å². The molecule has 1 atom stereocenters. The second kappa shape index (κ2) is 10.3. The molecule has 0 saturated carbocycles. The Morgan fingerprint density at radius 3 is 2.29 bits per heavy atom. The molecule has 152 valence electrons. The SMILES string of the molecule is COc1cc(C(=O)NCC(O)COc2cccc(Cl)c2Cl)cc(OC)c1OC. The lowest BCUT2D eigenvalue weighted by Gasteiger charge is -2.16. The molecule has 0 aromatic heterocycles. The lowest BCUT2D eigenvalue weighted by Crippen LogP contribution is -2.35. The highest BCUT2D eigenvalue weighted by Crippen LogP contribution is 2.38. The normalized spacial score (nSPS) is 11.5. The van der Waals surface area contributed by atoms with Gasteiger partial charge in [0.05, 0.1) is 26.4 Å². The Bertz CT molecular complexity index is 805. The van der Waals surface area contributed by atoms with E-state index in [9.17, 15) is 9.90 Å². The van der Waals surface area contributed by atoms with Crippen LogP contribution in [0.1, 0.15) is 10.4 Å². The Kier molecular flexibility index (Phi) is 8.04. The fourth-order valence-corrected chi connectivity index (χ4v) is 2.71. The van der Waals surface area contributed by atoms with E-state index in [2.05, 4.69) is 5.32 Å². The molecule has 28 heavy (non-hydrogen) atoms. The second-order valence-corrected chi connectivity index (χ2v) is 6.43. The number of hydrogen-bond acceptors (Lipinski definition) is 6. The van der Waals surface area contributed by atoms with Gasteiger partial charge in [0.1, 0.15) is 23.5 Å². The lowest BCUT2D eigenvalue weighted by molar-refractivity contribution is 0.0843. The van der Waals surface area contributed by atoms with Gasteiger partial charge in [-0.15, -0.1) is 0 Å². The van der Waals surface area contributed by atoms with Crippen molar-refractivity contribution in [3.05, 3.63) is 45.9 Å². The molecule has 0 fully saturated rings. The van der Waals surface area contributed by atoms with Crippen LogP contribution in [0.3, 0.4) is 0 Å². The fraction of sp³-hybridized carbons (Fsp3) is 0.316. The number of rotatable bonds is 9. The summed E-state index contributed by atoms with van der Waals surface area (Å²) < 4.78 is 21.1. The van der Waals surface area contributed by atoms with Gasteiger partial charge in [-0.05, 0) is 24.3 Å². The molecule has 9 heteroatoms. The molecule has 2 aromatic rings. The third-order valence-electron chi connectivity index (χ3n) is 3.77. The third kappa shape index (κ3) is 5.34.